The summed E-state index contributed by atoms with van der Waals surface area (Å²) in [6, 6.07) is 13.6. The highest BCUT2D eigenvalue weighted by molar-refractivity contribution is 9.10. The molecule has 0 bridgehead atoms. The van der Waals surface area contributed by atoms with Crippen LogP contribution >= 0.6 is 31.9 Å². The van der Waals surface area contributed by atoms with Crippen LogP contribution in [0.1, 0.15) is 38.5 Å². The Labute approximate surface area is 173 Å². The monoisotopic (exact) mass is 476 g/mol. The largest absolute Gasteiger partial charge is 0.371 e. The number of rotatable bonds is 3. The van der Waals surface area contributed by atoms with E-state index in [0.29, 0.717) is 0 Å². The third-order valence-corrected chi connectivity index (χ3v) is 6.59. The lowest BCUT2D eigenvalue weighted by atomic mass is 9.98. The molecule has 0 atom stereocenters. The zero-order chi connectivity index (χ0) is 17.9. The Bertz CT molecular complexity index is 697. The van der Waals surface area contributed by atoms with E-state index in [1.807, 2.05) is 0 Å². The maximum Gasteiger partial charge on any atom is 0.0457 e. The summed E-state index contributed by atoms with van der Waals surface area (Å²) >= 11 is 7.40. The summed E-state index contributed by atoms with van der Waals surface area (Å²) in [7, 11) is 0. The van der Waals surface area contributed by atoms with Crippen molar-refractivity contribution in [2.24, 2.45) is 0 Å². The first-order chi connectivity index (χ1) is 12.7. The van der Waals surface area contributed by atoms with Gasteiger partial charge in [0.25, 0.3) is 0 Å². The van der Waals surface area contributed by atoms with Gasteiger partial charge >= 0.3 is 0 Å². The number of halogens is 2. The Hall–Kier alpha value is -1.00. The maximum absolute atomic E-state index is 3.70. The number of hydrogen-bond donors (Lipinski definition) is 0. The number of hydrogen-bond acceptors (Lipinski definition) is 2. The van der Waals surface area contributed by atoms with Gasteiger partial charge in [0.05, 0.1) is 0 Å². The Balaban J connectivity index is 1.80. The second kappa shape index (κ2) is 8.35. The molecule has 0 radical (unpaired) electrons. The van der Waals surface area contributed by atoms with E-state index < -0.39 is 0 Å². The Morgan fingerprint density at radius 3 is 1.31 bits per heavy atom. The van der Waals surface area contributed by atoms with Crippen molar-refractivity contribution in [2.45, 2.75) is 38.5 Å². The SMILES string of the molecule is Brc1ccc(-c2ccc(Br)cc2N2CCCCC2)c(N2CCCCC2)c1. The van der Waals surface area contributed by atoms with E-state index in [1.165, 1.54) is 96.2 Å². The molecule has 2 fully saturated rings. The highest BCUT2D eigenvalue weighted by atomic mass is 79.9. The van der Waals surface area contributed by atoms with Crippen molar-refractivity contribution in [2.75, 3.05) is 36.0 Å². The normalized spacial score (nSPS) is 18.2. The first kappa shape index (κ1) is 18.4. The van der Waals surface area contributed by atoms with E-state index in [4.69, 9.17) is 0 Å². The molecular weight excluding hydrogens is 452 g/mol. The number of anilines is 2. The Kier molecular flexibility index (Phi) is 5.90. The van der Waals surface area contributed by atoms with Gasteiger partial charge in [-0.2, -0.15) is 0 Å². The van der Waals surface area contributed by atoms with Gasteiger partial charge < -0.3 is 9.80 Å². The van der Waals surface area contributed by atoms with Crippen LogP contribution in [0.2, 0.25) is 0 Å². The van der Waals surface area contributed by atoms with Crippen LogP contribution in [0.3, 0.4) is 0 Å². The summed E-state index contributed by atoms with van der Waals surface area (Å²) in [6.07, 6.45) is 7.90. The fourth-order valence-electron chi connectivity index (χ4n) is 4.26. The van der Waals surface area contributed by atoms with Crippen molar-refractivity contribution in [3.63, 3.8) is 0 Å². The summed E-state index contributed by atoms with van der Waals surface area (Å²) in [5.74, 6) is 0. The molecule has 2 aliphatic rings. The van der Waals surface area contributed by atoms with Crippen LogP contribution in [0.4, 0.5) is 11.4 Å². The molecule has 2 nitrogen and oxygen atoms in total. The standard InChI is InChI=1S/C22H26Br2N2/c23-17-7-9-19(21(15-17)25-11-3-1-4-12-25)20-10-8-18(24)16-22(20)26-13-5-2-6-14-26/h7-10,15-16H,1-6,11-14H2. The molecule has 0 N–H and O–H groups in total. The first-order valence-corrected chi connectivity index (χ1v) is 11.4. The molecule has 2 heterocycles. The van der Waals surface area contributed by atoms with Crippen LogP contribution in [0.25, 0.3) is 11.1 Å². The minimum absolute atomic E-state index is 1.17. The average molecular weight is 478 g/mol. The molecule has 0 aromatic heterocycles. The van der Waals surface area contributed by atoms with Gasteiger partial charge in [0.2, 0.25) is 0 Å². The van der Waals surface area contributed by atoms with E-state index in [2.05, 4.69) is 78.1 Å². The summed E-state index contributed by atoms with van der Waals surface area (Å²) in [5.41, 5.74) is 5.48. The van der Waals surface area contributed by atoms with E-state index in [1.54, 1.807) is 0 Å². The highest BCUT2D eigenvalue weighted by Crippen LogP contribution is 2.41. The molecule has 2 aliphatic heterocycles. The van der Waals surface area contributed by atoms with Crippen LogP contribution in [0.5, 0.6) is 0 Å². The molecule has 4 heteroatoms. The fourth-order valence-corrected chi connectivity index (χ4v) is 4.96. The zero-order valence-electron chi connectivity index (χ0n) is 15.2. The van der Waals surface area contributed by atoms with Crippen molar-refractivity contribution >= 4 is 43.2 Å². The van der Waals surface area contributed by atoms with Crippen molar-refractivity contribution < 1.29 is 0 Å². The molecule has 0 amide bonds. The first-order valence-electron chi connectivity index (χ1n) is 9.82. The van der Waals surface area contributed by atoms with Gasteiger partial charge in [-0.1, -0.05) is 44.0 Å². The molecule has 26 heavy (non-hydrogen) atoms. The van der Waals surface area contributed by atoms with Gasteiger partial charge in [0.1, 0.15) is 0 Å². The lowest BCUT2D eigenvalue weighted by Crippen LogP contribution is -2.31. The van der Waals surface area contributed by atoms with E-state index in [0.717, 1.165) is 0 Å². The molecule has 2 aromatic rings. The maximum atomic E-state index is 3.70. The van der Waals surface area contributed by atoms with Gasteiger partial charge in [-0.05, 0) is 62.8 Å². The lowest BCUT2D eigenvalue weighted by Gasteiger charge is -2.34. The second-order valence-corrected chi connectivity index (χ2v) is 9.25. The topological polar surface area (TPSA) is 6.48 Å². The average Bonchev–Trinajstić information content (AvgIpc) is 2.69. The van der Waals surface area contributed by atoms with Crippen molar-refractivity contribution in [1.82, 2.24) is 0 Å². The molecule has 0 saturated carbocycles. The van der Waals surface area contributed by atoms with E-state index in [9.17, 15) is 0 Å². The summed E-state index contributed by atoms with van der Waals surface area (Å²) in [6.45, 7) is 4.66. The predicted molar refractivity (Wildman–Crippen MR) is 119 cm³/mol. The molecule has 2 saturated heterocycles. The Morgan fingerprint density at radius 1 is 0.538 bits per heavy atom. The number of piperidine rings is 2. The molecule has 4 rings (SSSR count). The summed E-state index contributed by atoms with van der Waals surface area (Å²) < 4.78 is 2.33. The Morgan fingerprint density at radius 2 is 0.923 bits per heavy atom. The molecular formula is C22H26Br2N2. The third kappa shape index (κ3) is 3.96. The van der Waals surface area contributed by atoms with Gasteiger partial charge in [-0.15, -0.1) is 0 Å². The van der Waals surface area contributed by atoms with E-state index >= 15 is 0 Å². The van der Waals surface area contributed by atoms with Crippen molar-refractivity contribution in [3.8, 4) is 11.1 Å². The minimum atomic E-state index is 1.17. The predicted octanol–water partition coefficient (Wildman–Crippen LogP) is 6.86. The van der Waals surface area contributed by atoms with Crippen LogP contribution in [-0.2, 0) is 0 Å². The van der Waals surface area contributed by atoms with Gasteiger partial charge in [-0.25, -0.2) is 0 Å². The quantitative estimate of drug-likeness (QED) is 0.476. The van der Waals surface area contributed by atoms with Gasteiger partial charge in [0.15, 0.2) is 0 Å². The van der Waals surface area contributed by atoms with Crippen molar-refractivity contribution in [1.29, 1.82) is 0 Å². The molecule has 0 unspecified atom stereocenters. The van der Waals surface area contributed by atoms with Crippen LogP contribution in [0.15, 0.2) is 45.3 Å². The lowest BCUT2D eigenvalue weighted by molar-refractivity contribution is 0.577. The molecule has 2 aromatic carbocycles. The van der Waals surface area contributed by atoms with Crippen LogP contribution < -0.4 is 9.80 Å². The molecule has 0 aliphatic carbocycles. The van der Waals surface area contributed by atoms with Gasteiger partial charge in [-0.3, -0.25) is 0 Å². The third-order valence-electron chi connectivity index (χ3n) is 5.60. The number of nitrogens with zero attached hydrogens (tertiary/aromatic N) is 2. The fraction of sp³-hybridized carbons (Fsp3) is 0.455. The minimum Gasteiger partial charge on any atom is -0.371 e. The zero-order valence-corrected chi connectivity index (χ0v) is 18.4. The summed E-state index contributed by atoms with van der Waals surface area (Å²) in [4.78, 5) is 5.15. The van der Waals surface area contributed by atoms with Gasteiger partial charge in [0, 0.05) is 57.6 Å². The van der Waals surface area contributed by atoms with Crippen LogP contribution in [-0.4, -0.2) is 26.2 Å². The summed E-state index contributed by atoms with van der Waals surface area (Å²) in [5, 5.41) is 0. The highest BCUT2D eigenvalue weighted by Gasteiger charge is 2.21. The van der Waals surface area contributed by atoms with E-state index in [-0.39, 0.29) is 0 Å². The smallest absolute Gasteiger partial charge is 0.0457 e. The molecule has 0 spiro atoms. The van der Waals surface area contributed by atoms with Crippen molar-refractivity contribution in [3.05, 3.63) is 45.3 Å². The second-order valence-electron chi connectivity index (χ2n) is 7.42. The molecule has 138 valence electrons. The van der Waals surface area contributed by atoms with Crippen LogP contribution in [0, 0.1) is 0 Å². The number of benzene rings is 2.